The zero-order valence-electron chi connectivity index (χ0n) is 14.8. The molecule has 0 saturated heterocycles. The zero-order chi connectivity index (χ0) is 17.4. The lowest BCUT2D eigenvalue weighted by Gasteiger charge is -2.34. The molecule has 0 spiro atoms. The molecule has 4 rings (SSSR count). The third kappa shape index (κ3) is 2.95. The lowest BCUT2D eigenvalue weighted by Crippen LogP contribution is -2.38. The summed E-state index contributed by atoms with van der Waals surface area (Å²) in [7, 11) is -0.139. The van der Waals surface area contributed by atoms with Gasteiger partial charge in [-0.3, -0.25) is 0 Å². The first-order valence-corrected chi connectivity index (χ1v) is 10.4. The van der Waals surface area contributed by atoms with Crippen molar-refractivity contribution in [2.75, 3.05) is 0 Å². The van der Waals surface area contributed by atoms with Crippen LogP contribution in [0.2, 0.25) is 0 Å². The molecule has 3 heteroatoms. The number of benzene rings is 2. The number of halogens is 1. The van der Waals surface area contributed by atoms with E-state index < -0.39 is 0 Å². The fourth-order valence-electron chi connectivity index (χ4n) is 3.93. The summed E-state index contributed by atoms with van der Waals surface area (Å²) >= 11 is 0. The van der Waals surface area contributed by atoms with Gasteiger partial charge >= 0.3 is 0 Å². The van der Waals surface area contributed by atoms with Crippen LogP contribution in [-0.2, 0) is 0 Å². The first-order chi connectivity index (χ1) is 12.1. The van der Waals surface area contributed by atoms with Crippen molar-refractivity contribution >= 4 is 20.6 Å². The van der Waals surface area contributed by atoms with Crippen LogP contribution in [0.15, 0.2) is 53.9 Å². The van der Waals surface area contributed by atoms with Gasteiger partial charge in [0.25, 0.3) is 0 Å². The number of fused-ring (bicyclic) bond motifs is 1. The molecule has 1 nitrogen and oxygen atoms in total. The quantitative estimate of drug-likeness (QED) is 0.455. The van der Waals surface area contributed by atoms with Crippen molar-refractivity contribution in [3.05, 3.63) is 59.7 Å². The predicted octanol–water partition coefficient (Wildman–Crippen LogP) is 7.06. The van der Waals surface area contributed by atoms with Gasteiger partial charge in [-0.2, -0.15) is 0 Å². The molecule has 0 N–H and O–H groups in total. The van der Waals surface area contributed by atoms with Crippen LogP contribution in [0.1, 0.15) is 39.5 Å². The van der Waals surface area contributed by atoms with Gasteiger partial charge in [-0.1, -0.05) is 26.0 Å². The molecular weight excluding hydrogens is 331 g/mol. The summed E-state index contributed by atoms with van der Waals surface area (Å²) in [5.74, 6) is 0.543. The Morgan fingerprint density at radius 2 is 1.80 bits per heavy atom. The molecule has 1 aromatic heterocycles. The van der Waals surface area contributed by atoms with E-state index in [1.165, 1.54) is 22.9 Å². The van der Waals surface area contributed by atoms with Crippen molar-refractivity contribution in [1.82, 2.24) is 0 Å². The summed E-state index contributed by atoms with van der Waals surface area (Å²) in [6.45, 7) is 4.37. The van der Waals surface area contributed by atoms with Crippen LogP contribution in [0.5, 0.6) is 5.75 Å². The molecule has 1 atom stereocenters. The van der Waals surface area contributed by atoms with Crippen LogP contribution in [0.3, 0.4) is 0 Å². The Labute approximate surface area is 151 Å². The van der Waals surface area contributed by atoms with Gasteiger partial charge in [0.15, 0.2) is 21.2 Å². The number of hydrogen-bond acceptors (Lipinski definition) is 1. The standard InChI is InChI=1S/C22H24FOS/c1-16(2)22(12-5-6-13-22)24-20-15-18(9-10-19(20)23)25-14-11-17-7-3-4-8-21(17)25/h3-4,7-11,14-16H,5-6,12-13H2,1-2H3/q+1. The molecule has 0 bridgehead atoms. The second kappa shape index (κ2) is 6.45. The topological polar surface area (TPSA) is 9.23 Å². The predicted molar refractivity (Wildman–Crippen MR) is 104 cm³/mol. The minimum atomic E-state index is -0.254. The molecule has 2 aromatic carbocycles. The Kier molecular flexibility index (Phi) is 4.28. The van der Waals surface area contributed by atoms with Crippen LogP contribution in [0.4, 0.5) is 4.39 Å². The van der Waals surface area contributed by atoms with Gasteiger partial charge in [-0.15, -0.1) is 0 Å². The first kappa shape index (κ1) is 16.6. The highest BCUT2D eigenvalue weighted by atomic mass is 32.2. The lowest BCUT2D eigenvalue weighted by molar-refractivity contribution is 0.0252. The van der Waals surface area contributed by atoms with E-state index in [0.717, 1.165) is 17.7 Å². The Morgan fingerprint density at radius 1 is 1.04 bits per heavy atom. The van der Waals surface area contributed by atoms with Crippen molar-refractivity contribution in [3.63, 3.8) is 0 Å². The fourth-order valence-corrected chi connectivity index (χ4v) is 5.83. The number of thiophene rings is 1. The van der Waals surface area contributed by atoms with Crippen molar-refractivity contribution in [2.24, 2.45) is 5.92 Å². The SMILES string of the molecule is CC(C)C1(Oc2cc(-[s+]3ccc4ccccc43)ccc2F)CCCC1. The van der Waals surface area contributed by atoms with E-state index in [1.807, 2.05) is 12.1 Å². The molecule has 0 aliphatic heterocycles. The highest BCUT2D eigenvalue weighted by molar-refractivity contribution is 7.43. The van der Waals surface area contributed by atoms with Gasteiger partial charge in [0.2, 0.25) is 0 Å². The molecular formula is C22H24FOS+. The molecule has 0 radical (unpaired) electrons. The van der Waals surface area contributed by atoms with Gasteiger partial charge in [0, 0.05) is 34.1 Å². The van der Waals surface area contributed by atoms with Gasteiger partial charge in [-0.05, 0) is 49.8 Å². The molecule has 3 aromatic rings. The minimum absolute atomic E-state index is 0.139. The average Bonchev–Trinajstić information content (AvgIpc) is 3.25. The van der Waals surface area contributed by atoms with E-state index in [9.17, 15) is 4.39 Å². The van der Waals surface area contributed by atoms with Crippen LogP contribution in [0.25, 0.3) is 15.0 Å². The average molecular weight is 355 g/mol. The van der Waals surface area contributed by atoms with Crippen LogP contribution in [0, 0.1) is 11.7 Å². The fraction of sp³-hybridized carbons (Fsp3) is 0.364. The number of hydrogen-bond donors (Lipinski definition) is 0. The highest BCUT2D eigenvalue weighted by Crippen LogP contribution is 2.44. The smallest absolute Gasteiger partial charge is 0.186 e. The van der Waals surface area contributed by atoms with E-state index in [2.05, 4.69) is 49.6 Å². The lowest BCUT2D eigenvalue weighted by atomic mass is 9.88. The number of ether oxygens (including phenoxy) is 1. The minimum Gasteiger partial charge on any atom is -0.484 e. The Bertz CT molecular complexity index is 890. The Hall–Kier alpha value is -1.87. The third-order valence-electron chi connectivity index (χ3n) is 5.51. The van der Waals surface area contributed by atoms with Crippen LogP contribution in [-0.4, -0.2) is 5.60 Å². The first-order valence-electron chi connectivity index (χ1n) is 9.08. The molecule has 1 fully saturated rings. The molecule has 1 saturated carbocycles. The maximum Gasteiger partial charge on any atom is 0.186 e. The maximum absolute atomic E-state index is 14.5. The van der Waals surface area contributed by atoms with Gasteiger partial charge in [0.05, 0.1) is 0 Å². The summed E-state index contributed by atoms with van der Waals surface area (Å²) in [6.07, 6.45) is 4.37. The molecule has 1 unspecified atom stereocenters. The normalized spacial score (nSPS) is 17.4. The zero-order valence-corrected chi connectivity index (χ0v) is 15.6. The van der Waals surface area contributed by atoms with Crippen molar-refractivity contribution in [2.45, 2.75) is 45.1 Å². The summed E-state index contributed by atoms with van der Waals surface area (Å²) in [5.41, 5.74) is -0.216. The second-order valence-corrected chi connectivity index (χ2v) is 9.16. The molecule has 1 heterocycles. The summed E-state index contributed by atoms with van der Waals surface area (Å²) in [4.78, 5) is 1.12. The van der Waals surface area contributed by atoms with E-state index in [1.54, 1.807) is 6.07 Å². The van der Waals surface area contributed by atoms with Crippen molar-refractivity contribution in [1.29, 1.82) is 0 Å². The second-order valence-electron chi connectivity index (χ2n) is 7.30. The summed E-state index contributed by atoms with van der Waals surface area (Å²) in [6, 6.07) is 16.0. The van der Waals surface area contributed by atoms with E-state index in [-0.39, 0.29) is 21.9 Å². The molecule has 25 heavy (non-hydrogen) atoms. The Balaban J connectivity index is 1.74. The summed E-state index contributed by atoms with van der Waals surface area (Å²) < 4.78 is 22.2. The van der Waals surface area contributed by atoms with Crippen LogP contribution < -0.4 is 4.74 Å². The third-order valence-corrected chi connectivity index (χ3v) is 7.53. The molecule has 130 valence electrons. The largest absolute Gasteiger partial charge is 0.484 e. The molecule has 1 aliphatic carbocycles. The number of rotatable bonds is 4. The van der Waals surface area contributed by atoms with E-state index in [4.69, 9.17) is 4.74 Å². The van der Waals surface area contributed by atoms with Gasteiger partial charge < -0.3 is 4.74 Å². The van der Waals surface area contributed by atoms with E-state index >= 15 is 0 Å². The summed E-state index contributed by atoms with van der Waals surface area (Å²) in [5, 5.41) is 3.47. The highest BCUT2D eigenvalue weighted by Gasteiger charge is 2.40. The van der Waals surface area contributed by atoms with Crippen molar-refractivity contribution < 1.29 is 9.13 Å². The van der Waals surface area contributed by atoms with Gasteiger partial charge in [0.1, 0.15) is 11.0 Å². The monoisotopic (exact) mass is 355 g/mol. The maximum atomic E-state index is 14.5. The Morgan fingerprint density at radius 3 is 2.56 bits per heavy atom. The molecule has 0 amide bonds. The van der Waals surface area contributed by atoms with E-state index in [0.29, 0.717) is 11.7 Å². The van der Waals surface area contributed by atoms with Crippen molar-refractivity contribution in [3.8, 4) is 10.6 Å². The molecule has 1 aliphatic rings. The van der Waals surface area contributed by atoms with Crippen LogP contribution >= 0.6 is 10.5 Å². The van der Waals surface area contributed by atoms with Gasteiger partial charge in [-0.25, -0.2) is 4.39 Å².